The number of phenols is 1. The number of carboxylic acids is 1. The summed E-state index contributed by atoms with van der Waals surface area (Å²) in [5, 5.41) is 27.4. The van der Waals surface area contributed by atoms with Crippen LogP contribution in [-0.4, -0.2) is 26.4 Å². The Labute approximate surface area is 114 Å². The highest BCUT2D eigenvalue weighted by molar-refractivity contribution is 6.07. The van der Waals surface area contributed by atoms with Gasteiger partial charge in [-0.25, -0.2) is 4.79 Å². The van der Waals surface area contributed by atoms with Crippen molar-refractivity contribution >= 4 is 16.9 Å². The monoisotopic (exact) mass is 266 g/mol. The van der Waals surface area contributed by atoms with Crippen molar-refractivity contribution in [2.75, 3.05) is 0 Å². The lowest BCUT2D eigenvalue weighted by molar-refractivity contribution is 0.0699. The van der Waals surface area contributed by atoms with Crippen molar-refractivity contribution in [1.29, 1.82) is 0 Å². The number of aromatic nitrogens is 2. The average Bonchev–Trinajstić information content (AvgIpc) is 2.46. The molecular formula is C15H10N2O3. The molecule has 3 aromatic rings. The van der Waals surface area contributed by atoms with E-state index in [-0.39, 0.29) is 17.0 Å². The van der Waals surface area contributed by atoms with E-state index in [4.69, 9.17) is 0 Å². The van der Waals surface area contributed by atoms with Crippen LogP contribution in [0.5, 0.6) is 5.75 Å². The van der Waals surface area contributed by atoms with Crippen LogP contribution in [0, 0.1) is 0 Å². The molecule has 2 N–H and O–H groups in total. The summed E-state index contributed by atoms with van der Waals surface area (Å²) in [6.45, 7) is 0. The number of carbonyl (C=O) groups is 1. The highest BCUT2D eigenvalue weighted by Gasteiger charge is 2.18. The number of fused-ring (bicyclic) bond motifs is 1. The van der Waals surface area contributed by atoms with Gasteiger partial charge in [0.15, 0.2) is 0 Å². The van der Waals surface area contributed by atoms with E-state index < -0.39 is 5.97 Å². The number of rotatable bonds is 2. The van der Waals surface area contributed by atoms with Crippen molar-refractivity contribution in [2.24, 2.45) is 0 Å². The Kier molecular flexibility index (Phi) is 2.80. The molecular weight excluding hydrogens is 256 g/mol. The van der Waals surface area contributed by atoms with Gasteiger partial charge in [0.1, 0.15) is 11.4 Å². The van der Waals surface area contributed by atoms with Crippen LogP contribution < -0.4 is 0 Å². The third-order valence-corrected chi connectivity index (χ3v) is 3.02. The summed E-state index contributed by atoms with van der Waals surface area (Å²) in [6.07, 6.45) is 0. The van der Waals surface area contributed by atoms with E-state index in [1.165, 1.54) is 12.1 Å². The predicted molar refractivity (Wildman–Crippen MR) is 73.6 cm³/mol. The smallest absolute Gasteiger partial charge is 0.338 e. The molecule has 0 spiro atoms. The van der Waals surface area contributed by atoms with E-state index in [1.54, 1.807) is 36.4 Å². The Balaban J connectivity index is 2.33. The van der Waals surface area contributed by atoms with Crippen molar-refractivity contribution in [3.05, 3.63) is 54.1 Å². The molecule has 0 aliphatic carbocycles. The highest BCUT2D eigenvalue weighted by Crippen LogP contribution is 2.27. The van der Waals surface area contributed by atoms with Gasteiger partial charge in [-0.15, -0.1) is 10.2 Å². The molecule has 1 heterocycles. The van der Waals surface area contributed by atoms with Crippen LogP contribution in [0.2, 0.25) is 0 Å². The molecule has 3 rings (SSSR count). The minimum absolute atomic E-state index is 0.111. The molecule has 0 amide bonds. The van der Waals surface area contributed by atoms with Gasteiger partial charge in [-0.3, -0.25) is 0 Å². The Bertz CT molecular complexity index is 798. The molecule has 0 bridgehead atoms. The molecule has 5 nitrogen and oxygen atoms in total. The molecule has 2 aromatic carbocycles. The second kappa shape index (κ2) is 4.62. The number of carboxylic acid groups (broad SMARTS) is 1. The number of nitrogens with zero attached hydrogens (tertiary/aromatic N) is 2. The molecule has 0 unspecified atom stereocenters. The minimum atomic E-state index is -1.06. The predicted octanol–water partition coefficient (Wildman–Crippen LogP) is 2.70. The van der Waals surface area contributed by atoms with Crippen molar-refractivity contribution in [2.45, 2.75) is 0 Å². The molecule has 0 atom stereocenters. The van der Waals surface area contributed by atoms with E-state index in [1.807, 2.05) is 0 Å². The lowest BCUT2D eigenvalue weighted by Crippen LogP contribution is -2.04. The molecule has 1 aromatic heterocycles. The summed E-state index contributed by atoms with van der Waals surface area (Å²) in [5.41, 5.74) is 1.53. The molecule has 0 saturated carbocycles. The van der Waals surface area contributed by atoms with Crippen molar-refractivity contribution in [1.82, 2.24) is 10.2 Å². The molecule has 5 heteroatoms. The number of aromatic hydroxyl groups is 1. The largest absolute Gasteiger partial charge is 0.508 e. The van der Waals surface area contributed by atoms with Crippen LogP contribution >= 0.6 is 0 Å². The molecule has 0 radical (unpaired) electrons. The molecule has 0 aliphatic rings. The van der Waals surface area contributed by atoms with Gasteiger partial charge in [-0.1, -0.05) is 18.2 Å². The van der Waals surface area contributed by atoms with Crippen LogP contribution in [0.25, 0.3) is 22.2 Å². The maximum Gasteiger partial charge on any atom is 0.338 e. The highest BCUT2D eigenvalue weighted by atomic mass is 16.4. The Morgan fingerprint density at radius 3 is 2.35 bits per heavy atom. The van der Waals surface area contributed by atoms with Gasteiger partial charge < -0.3 is 10.2 Å². The van der Waals surface area contributed by atoms with Gasteiger partial charge in [0.25, 0.3) is 0 Å². The second-order valence-electron chi connectivity index (χ2n) is 4.29. The first-order valence-electron chi connectivity index (χ1n) is 5.95. The molecule has 98 valence electrons. The minimum Gasteiger partial charge on any atom is -0.508 e. The first kappa shape index (κ1) is 12.1. The summed E-state index contributed by atoms with van der Waals surface area (Å²) >= 11 is 0. The first-order chi connectivity index (χ1) is 9.66. The van der Waals surface area contributed by atoms with E-state index in [9.17, 15) is 15.0 Å². The summed E-state index contributed by atoms with van der Waals surface area (Å²) < 4.78 is 0. The molecule has 20 heavy (non-hydrogen) atoms. The average molecular weight is 266 g/mol. The number of phenolic OH excluding ortho intramolecular Hbond substituents is 1. The zero-order valence-electron chi connectivity index (χ0n) is 10.3. The van der Waals surface area contributed by atoms with E-state index in [2.05, 4.69) is 10.2 Å². The van der Waals surface area contributed by atoms with Crippen LogP contribution in [-0.2, 0) is 0 Å². The van der Waals surface area contributed by atoms with E-state index >= 15 is 0 Å². The third kappa shape index (κ3) is 1.95. The van der Waals surface area contributed by atoms with E-state index in [0.29, 0.717) is 16.5 Å². The summed E-state index contributed by atoms with van der Waals surface area (Å²) in [4.78, 5) is 11.6. The fourth-order valence-corrected chi connectivity index (χ4v) is 2.09. The SMILES string of the molecule is O=C(O)c1c(-c2ccc(O)cc2)nnc2ccccc12. The zero-order valence-corrected chi connectivity index (χ0v) is 10.3. The molecule has 0 fully saturated rings. The topological polar surface area (TPSA) is 83.3 Å². The van der Waals surface area contributed by atoms with Gasteiger partial charge in [-0.2, -0.15) is 0 Å². The van der Waals surface area contributed by atoms with Crippen molar-refractivity contribution in [3.8, 4) is 17.0 Å². The lowest BCUT2D eigenvalue weighted by atomic mass is 10.0. The Morgan fingerprint density at radius 2 is 1.65 bits per heavy atom. The molecule has 0 aliphatic heterocycles. The number of benzene rings is 2. The van der Waals surface area contributed by atoms with Crippen LogP contribution in [0.1, 0.15) is 10.4 Å². The number of hydrogen-bond acceptors (Lipinski definition) is 4. The van der Waals surface area contributed by atoms with Crippen LogP contribution in [0.15, 0.2) is 48.5 Å². The Hall–Kier alpha value is -2.95. The maximum absolute atomic E-state index is 11.6. The first-order valence-corrected chi connectivity index (χ1v) is 5.95. The van der Waals surface area contributed by atoms with Gasteiger partial charge in [0.05, 0.1) is 11.1 Å². The fraction of sp³-hybridized carbons (Fsp3) is 0. The summed E-state index contributed by atoms with van der Waals surface area (Å²) in [7, 11) is 0. The standard InChI is InChI=1S/C15H10N2O3/c18-10-7-5-9(6-8-10)14-13(15(19)20)11-3-1-2-4-12(11)16-17-14/h1-8,18H,(H,19,20). The maximum atomic E-state index is 11.6. The van der Waals surface area contributed by atoms with Crippen molar-refractivity contribution in [3.63, 3.8) is 0 Å². The van der Waals surface area contributed by atoms with Gasteiger partial charge in [-0.05, 0) is 30.3 Å². The van der Waals surface area contributed by atoms with Gasteiger partial charge in [0.2, 0.25) is 0 Å². The fourth-order valence-electron chi connectivity index (χ4n) is 2.09. The van der Waals surface area contributed by atoms with Crippen LogP contribution in [0.4, 0.5) is 0 Å². The van der Waals surface area contributed by atoms with Crippen LogP contribution in [0.3, 0.4) is 0 Å². The number of aromatic carboxylic acids is 1. The van der Waals surface area contributed by atoms with Gasteiger partial charge in [0, 0.05) is 10.9 Å². The number of hydrogen-bond donors (Lipinski definition) is 2. The second-order valence-corrected chi connectivity index (χ2v) is 4.29. The Morgan fingerprint density at radius 1 is 0.950 bits per heavy atom. The van der Waals surface area contributed by atoms with E-state index in [0.717, 1.165) is 0 Å². The van der Waals surface area contributed by atoms with Crippen molar-refractivity contribution < 1.29 is 15.0 Å². The third-order valence-electron chi connectivity index (χ3n) is 3.02. The molecule has 0 saturated heterocycles. The zero-order chi connectivity index (χ0) is 14.1. The lowest BCUT2D eigenvalue weighted by Gasteiger charge is -2.07. The summed E-state index contributed by atoms with van der Waals surface area (Å²) in [5.74, 6) is -0.946. The summed E-state index contributed by atoms with van der Waals surface area (Å²) in [6, 6.07) is 13.2. The quantitative estimate of drug-likeness (QED) is 0.745. The van der Waals surface area contributed by atoms with Gasteiger partial charge >= 0.3 is 5.97 Å². The normalized spacial score (nSPS) is 10.6.